The highest BCUT2D eigenvalue weighted by Crippen LogP contribution is 2.38. The highest BCUT2D eigenvalue weighted by Gasteiger charge is 2.29. The number of para-hydroxylation sites is 1. The van der Waals surface area contributed by atoms with Gasteiger partial charge in [0.15, 0.2) is 11.6 Å². The van der Waals surface area contributed by atoms with Crippen LogP contribution in [0.4, 0.5) is 11.6 Å². The molecule has 0 amide bonds. The van der Waals surface area contributed by atoms with Gasteiger partial charge in [-0.15, -0.1) is 0 Å². The first-order chi connectivity index (χ1) is 12.7. The van der Waals surface area contributed by atoms with Crippen LogP contribution in [-0.4, -0.2) is 35.9 Å². The van der Waals surface area contributed by atoms with Gasteiger partial charge in [-0.1, -0.05) is 25.1 Å². The topological polar surface area (TPSA) is 88.8 Å². The van der Waals surface area contributed by atoms with E-state index in [-0.39, 0.29) is 0 Å². The molecule has 0 radical (unpaired) electrons. The molecule has 0 bridgehead atoms. The summed E-state index contributed by atoms with van der Waals surface area (Å²) in [4.78, 5) is 13.5. The quantitative estimate of drug-likeness (QED) is 0.680. The molecule has 2 aromatic heterocycles. The second kappa shape index (κ2) is 7.21. The average molecular weight is 350 g/mol. The maximum Gasteiger partial charge on any atom is 0.227 e. The molecule has 1 aliphatic rings. The predicted molar refractivity (Wildman–Crippen MR) is 99.0 cm³/mol. The summed E-state index contributed by atoms with van der Waals surface area (Å²) < 4.78 is 1.78. The Labute approximate surface area is 152 Å². The SMILES string of the molecule is CC[C@H](O)Cn1nc(C2CC2)nc1-c1cnc(Nc2ccccc2)nc1. The van der Waals surface area contributed by atoms with E-state index in [0.717, 1.165) is 29.9 Å². The van der Waals surface area contributed by atoms with Crippen molar-refractivity contribution in [1.29, 1.82) is 0 Å². The van der Waals surface area contributed by atoms with Crippen molar-refractivity contribution >= 4 is 11.6 Å². The van der Waals surface area contributed by atoms with Crippen molar-refractivity contribution in [3.63, 3.8) is 0 Å². The second-order valence-electron chi connectivity index (χ2n) is 6.60. The number of rotatable bonds is 7. The minimum Gasteiger partial charge on any atom is -0.391 e. The molecule has 1 aliphatic carbocycles. The van der Waals surface area contributed by atoms with Gasteiger partial charge in [-0.2, -0.15) is 5.10 Å². The summed E-state index contributed by atoms with van der Waals surface area (Å²) in [5.74, 6) is 2.55. The Kier molecular flexibility index (Phi) is 4.62. The fourth-order valence-electron chi connectivity index (χ4n) is 2.70. The number of aliphatic hydroxyl groups is 1. The zero-order chi connectivity index (χ0) is 17.9. The van der Waals surface area contributed by atoms with Crippen molar-refractivity contribution in [2.24, 2.45) is 0 Å². The number of aliphatic hydroxyl groups excluding tert-OH is 1. The highest BCUT2D eigenvalue weighted by atomic mass is 16.3. The minimum atomic E-state index is -0.442. The van der Waals surface area contributed by atoms with E-state index in [1.54, 1.807) is 17.1 Å². The molecule has 134 valence electrons. The van der Waals surface area contributed by atoms with Crippen LogP contribution in [0.2, 0.25) is 0 Å². The Bertz CT molecular complexity index is 857. The van der Waals surface area contributed by atoms with Crippen LogP contribution >= 0.6 is 0 Å². The third kappa shape index (κ3) is 3.72. The fraction of sp³-hybridized carbons (Fsp3) is 0.368. The number of benzene rings is 1. The molecule has 1 atom stereocenters. The van der Waals surface area contributed by atoms with Crippen LogP contribution in [-0.2, 0) is 6.54 Å². The van der Waals surface area contributed by atoms with Crippen LogP contribution in [0.1, 0.15) is 37.9 Å². The van der Waals surface area contributed by atoms with E-state index >= 15 is 0 Å². The minimum absolute atomic E-state index is 0.426. The Morgan fingerprint density at radius 3 is 2.58 bits per heavy atom. The Hall–Kier alpha value is -2.80. The normalized spacial score (nSPS) is 15.0. The Balaban J connectivity index is 1.58. The number of hydrogen-bond donors (Lipinski definition) is 2. The summed E-state index contributed by atoms with van der Waals surface area (Å²) in [6.45, 7) is 2.38. The molecule has 0 saturated heterocycles. The first-order valence-electron chi connectivity index (χ1n) is 9.00. The molecule has 1 saturated carbocycles. The predicted octanol–water partition coefficient (Wildman–Crippen LogP) is 3.13. The van der Waals surface area contributed by atoms with Gasteiger partial charge in [0.25, 0.3) is 0 Å². The van der Waals surface area contributed by atoms with Gasteiger partial charge in [0.1, 0.15) is 0 Å². The van der Waals surface area contributed by atoms with Crippen molar-refractivity contribution in [3.8, 4) is 11.4 Å². The van der Waals surface area contributed by atoms with Gasteiger partial charge in [0.2, 0.25) is 5.95 Å². The third-order valence-corrected chi connectivity index (χ3v) is 4.43. The average Bonchev–Trinajstić information content (AvgIpc) is 3.44. The Morgan fingerprint density at radius 2 is 1.92 bits per heavy atom. The first-order valence-corrected chi connectivity index (χ1v) is 9.00. The summed E-state index contributed by atoms with van der Waals surface area (Å²) in [7, 11) is 0. The lowest BCUT2D eigenvalue weighted by molar-refractivity contribution is 0.145. The summed E-state index contributed by atoms with van der Waals surface area (Å²) in [5.41, 5.74) is 1.73. The van der Waals surface area contributed by atoms with E-state index in [4.69, 9.17) is 0 Å². The number of nitrogens with zero attached hydrogens (tertiary/aromatic N) is 5. The third-order valence-electron chi connectivity index (χ3n) is 4.43. The van der Waals surface area contributed by atoms with Gasteiger partial charge in [-0.3, -0.25) is 0 Å². The molecule has 7 heteroatoms. The van der Waals surface area contributed by atoms with Crippen LogP contribution in [0.25, 0.3) is 11.4 Å². The molecule has 26 heavy (non-hydrogen) atoms. The molecule has 4 rings (SSSR count). The van der Waals surface area contributed by atoms with E-state index in [9.17, 15) is 5.11 Å². The van der Waals surface area contributed by atoms with Gasteiger partial charge < -0.3 is 10.4 Å². The molecule has 0 spiro atoms. The molecule has 0 aliphatic heterocycles. The van der Waals surface area contributed by atoms with Gasteiger partial charge in [-0.25, -0.2) is 19.6 Å². The largest absolute Gasteiger partial charge is 0.391 e. The monoisotopic (exact) mass is 350 g/mol. The van der Waals surface area contributed by atoms with Gasteiger partial charge in [0.05, 0.1) is 18.2 Å². The van der Waals surface area contributed by atoms with Crippen molar-refractivity contribution < 1.29 is 5.11 Å². The molecule has 3 aromatic rings. The maximum absolute atomic E-state index is 10.0. The number of anilines is 2. The van der Waals surface area contributed by atoms with E-state index in [0.29, 0.717) is 30.7 Å². The van der Waals surface area contributed by atoms with Crippen LogP contribution in [0.15, 0.2) is 42.7 Å². The molecule has 1 aromatic carbocycles. The fourth-order valence-corrected chi connectivity index (χ4v) is 2.70. The van der Waals surface area contributed by atoms with Gasteiger partial charge in [-0.05, 0) is 31.4 Å². The van der Waals surface area contributed by atoms with Crippen molar-refractivity contribution in [2.75, 3.05) is 5.32 Å². The molecule has 0 unspecified atom stereocenters. The molecular formula is C19H22N6O. The van der Waals surface area contributed by atoms with Crippen molar-refractivity contribution in [1.82, 2.24) is 24.7 Å². The second-order valence-corrected chi connectivity index (χ2v) is 6.60. The number of aromatic nitrogens is 5. The summed E-state index contributed by atoms with van der Waals surface area (Å²) in [5, 5.41) is 17.8. The zero-order valence-corrected chi connectivity index (χ0v) is 14.7. The van der Waals surface area contributed by atoms with E-state index in [2.05, 4.69) is 25.4 Å². The molecule has 2 heterocycles. The molecule has 2 N–H and O–H groups in total. The first kappa shape index (κ1) is 16.7. The van der Waals surface area contributed by atoms with E-state index in [1.165, 1.54) is 0 Å². The van der Waals surface area contributed by atoms with Crippen LogP contribution < -0.4 is 5.32 Å². The van der Waals surface area contributed by atoms with E-state index in [1.807, 2.05) is 37.3 Å². The van der Waals surface area contributed by atoms with E-state index < -0.39 is 6.10 Å². The summed E-state index contributed by atoms with van der Waals surface area (Å²) in [6.07, 6.45) is 5.99. The standard InChI is InChI=1S/C19H22N6O/c1-2-16(26)12-25-18(23-17(24-25)13-8-9-13)14-10-20-19(21-11-14)22-15-6-4-3-5-7-15/h3-7,10-11,13,16,26H,2,8-9,12H2,1H3,(H,20,21,22)/t16-/m0/s1. The molecule has 1 fully saturated rings. The lowest BCUT2D eigenvalue weighted by atomic mass is 10.2. The molecule has 7 nitrogen and oxygen atoms in total. The summed E-state index contributed by atoms with van der Waals surface area (Å²) in [6, 6.07) is 9.79. The summed E-state index contributed by atoms with van der Waals surface area (Å²) >= 11 is 0. The lowest BCUT2D eigenvalue weighted by Crippen LogP contribution is -2.17. The zero-order valence-electron chi connectivity index (χ0n) is 14.7. The van der Waals surface area contributed by atoms with Crippen molar-refractivity contribution in [3.05, 3.63) is 48.5 Å². The van der Waals surface area contributed by atoms with Crippen LogP contribution in [0.3, 0.4) is 0 Å². The highest BCUT2D eigenvalue weighted by molar-refractivity contribution is 5.57. The van der Waals surface area contributed by atoms with Gasteiger partial charge >= 0.3 is 0 Å². The number of nitrogens with one attached hydrogen (secondary N) is 1. The van der Waals surface area contributed by atoms with Crippen LogP contribution in [0.5, 0.6) is 0 Å². The molecular weight excluding hydrogens is 328 g/mol. The Morgan fingerprint density at radius 1 is 1.19 bits per heavy atom. The van der Waals surface area contributed by atoms with Crippen molar-refractivity contribution in [2.45, 2.75) is 44.8 Å². The lowest BCUT2D eigenvalue weighted by Gasteiger charge is -2.10. The number of hydrogen-bond acceptors (Lipinski definition) is 6. The van der Waals surface area contributed by atoms with Crippen LogP contribution in [0, 0.1) is 0 Å². The smallest absolute Gasteiger partial charge is 0.227 e. The van der Waals surface area contributed by atoms with Gasteiger partial charge in [0, 0.05) is 24.0 Å². The maximum atomic E-state index is 10.0.